The number of Topliss-reactive ketones (excluding diaryl/α,β-unsaturated/α-hetero) is 1. The highest BCUT2D eigenvalue weighted by Crippen LogP contribution is 2.26. The smallest absolute Gasteiger partial charge is 0.407 e. The van der Waals surface area contributed by atoms with E-state index >= 15 is 0 Å². The van der Waals surface area contributed by atoms with Crippen LogP contribution in [0.3, 0.4) is 0 Å². The van der Waals surface area contributed by atoms with Crippen LogP contribution in [0.2, 0.25) is 10.0 Å². The van der Waals surface area contributed by atoms with Gasteiger partial charge in [-0.15, -0.1) is 0 Å². The number of carbonyl (C=O) groups excluding carboxylic acids is 2. The number of amides is 1. The first kappa shape index (κ1) is 27.9. The predicted octanol–water partition coefficient (Wildman–Crippen LogP) is 6.54. The molecule has 0 radical (unpaired) electrons. The Morgan fingerprint density at radius 2 is 1.64 bits per heavy atom. The second-order valence-electron chi connectivity index (χ2n) is 11.3. The van der Waals surface area contributed by atoms with Crippen molar-refractivity contribution in [2.24, 2.45) is 11.3 Å². The number of likely N-dealkylation sites (tertiary alicyclic amines) is 1. The van der Waals surface area contributed by atoms with E-state index in [1.807, 2.05) is 32.9 Å². The number of hydrogen-bond acceptors (Lipinski definition) is 4. The molecule has 1 unspecified atom stereocenters. The summed E-state index contributed by atoms with van der Waals surface area (Å²) in [7, 11) is 0. The zero-order valence-electron chi connectivity index (χ0n) is 21.0. The normalized spacial score (nSPS) is 17.0. The maximum absolute atomic E-state index is 12.5. The van der Waals surface area contributed by atoms with E-state index in [1.54, 1.807) is 6.07 Å². The highest BCUT2D eigenvalue weighted by Gasteiger charge is 2.31. The minimum absolute atomic E-state index is 0.0185. The fourth-order valence-electron chi connectivity index (χ4n) is 4.08. The lowest BCUT2D eigenvalue weighted by atomic mass is 9.85. The van der Waals surface area contributed by atoms with Gasteiger partial charge in [0.05, 0.1) is 0 Å². The van der Waals surface area contributed by atoms with Gasteiger partial charge in [0, 0.05) is 35.5 Å². The topological polar surface area (TPSA) is 58.6 Å². The van der Waals surface area contributed by atoms with E-state index in [0.717, 1.165) is 38.0 Å². The number of rotatable bonds is 8. The van der Waals surface area contributed by atoms with E-state index in [-0.39, 0.29) is 17.6 Å². The molecule has 1 saturated heterocycles. The molecule has 1 heterocycles. The minimum Gasteiger partial charge on any atom is -0.444 e. The average molecular weight is 500 g/mol. The molecule has 33 heavy (non-hydrogen) atoms. The van der Waals surface area contributed by atoms with Crippen LogP contribution in [0.15, 0.2) is 18.2 Å². The number of alkyl carbamates (subject to hydrolysis) is 1. The number of ketones is 1. The number of nitrogens with zero attached hydrogens (tertiary/aromatic N) is 1. The molecule has 0 aliphatic carbocycles. The summed E-state index contributed by atoms with van der Waals surface area (Å²) in [5, 5.41) is 4.28. The molecule has 1 aliphatic rings. The molecule has 1 aromatic rings. The van der Waals surface area contributed by atoms with Crippen LogP contribution in [0, 0.1) is 11.3 Å². The molecule has 7 heteroatoms. The average Bonchev–Trinajstić information content (AvgIpc) is 2.64. The third-order valence-electron chi connectivity index (χ3n) is 6.02. The summed E-state index contributed by atoms with van der Waals surface area (Å²) >= 11 is 12.1. The molecular formula is C26H40Cl2N2O3. The number of piperidine rings is 1. The van der Waals surface area contributed by atoms with Gasteiger partial charge in [-0.1, -0.05) is 44.0 Å². The first-order valence-electron chi connectivity index (χ1n) is 11.9. The molecule has 0 spiro atoms. The zero-order valence-corrected chi connectivity index (χ0v) is 22.5. The number of halogens is 2. The van der Waals surface area contributed by atoms with Gasteiger partial charge in [-0.05, 0) is 88.2 Å². The fraction of sp³-hybridized carbons (Fsp3) is 0.692. The van der Waals surface area contributed by atoms with E-state index in [1.165, 1.54) is 0 Å². The van der Waals surface area contributed by atoms with Gasteiger partial charge in [0.15, 0.2) is 0 Å². The first-order valence-corrected chi connectivity index (χ1v) is 12.7. The van der Waals surface area contributed by atoms with Crippen LogP contribution in [0.1, 0.15) is 72.8 Å². The molecule has 2 rings (SSSR count). The molecule has 1 N–H and O–H groups in total. The van der Waals surface area contributed by atoms with E-state index in [0.29, 0.717) is 41.0 Å². The maximum atomic E-state index is 12.5. The van der Waals surface area contributed by atoms with Crippen molar-refractivity contribution in [1.29, 1.82) is 0 Å². The van der Waals surface area contributed by atoms with Crippen LogP contribution in [-0.2, 0) is 16.0 Å². The number of carbonyl (C=O) groups is 2. The van der Waals surface area contributed by atoms with Gasteiger partial charge in [-0.2, -0.15) is 0 Å². The summed E-state index contributed by atoms with van der Waals surface area (Å²) in [6.45, 7) is 14.7. The van der Waals surface area contributed by atoms with Crippen LogP contribution in [0.4, 0.5) is 4.79 Å². The highest BCUT2D eigenvalue weighted by atomic mass is 35.5. The van der Waals surface area contributed by atoms with Crippen molar-refractivity contribution < 1.29 is 14.3 Å². The van der Waals surface area contributed by atoms with E-state index in [2.05, 4.69) is 31.0 Å². The lowest BCUT2D eigenvalue weighted by molar-refractivity contribution is -0.120. The van der Waals surface area contributed by atoms with Gasteiger partial charge in [0.2, 0.25) is 0 Å². The third kappa shape index (κ3) is 10.7. The molecule has 186 valence electrons. The molecule has 1 atom stereocenters. The fourth-order valence-corrected chi connectivity index (χ4v) is 4.65. The van der Waals surface area contributed by atoms with Gasteiger partial charge in [0.25, 0.3) is 0 Å². The van der Waals surface area contributed by atoms with Crippen LogP contribution < -0.4 is 5.32 Å². The molecular weight excluding hydrogens is 459 g/mol. The quantitative estimate of drug-likeness (QED) is 0.442. The second-order valence-corrected chi connectivity index (χ2v) is 12.2. The Labute approximate surface area is 209 Å². The molecule has 1 aromatic carbocycles. The highest BCUT2D eigenvalue weighted by molar-refractivity contribution is 6.34. The Kier molecular flexibility index (Phi) is 10.1. The van der Waals surface area contributed by atoms with Crippen LogP contribution >= 0.6 is 23.2 Å². The van der Waals surface area contributed by atoms with Gasteiger partial charge in [-0.3, -0.25) is 4.79 Å². The van der Waals surface area contributed by atoms with Crippen LogP contribution in [-0.4, -0.2) is 48.1 Å². The third-order valence-corrected chi connectivity index (χ3v) is 6.45. The molecule has 0 aromatic heterocycles. The summed E-state index contributed by atoms with van der Waals surface area (Å²) < 4.78 is 5.46. The summed E-state index contributed by atoms with van der Waals surface area (Å²) in [5.74, 6) is 0.715. The van der Waals surface area contributed by atoms with Gasteiger partial charge in [0.1, 0.15) is 11.4 Å². The second kappa shape index (κ2) is 11.9. The molecule has 1 aliphatic heterocycles. The van der Waals surface area contributed by atoms with Crippen LogP contribution in [0.25, 0.3) is 0 Å². The van der Waals surface area contributed by atoms with E-state index < -0.39 is 5.60 Å². The van der Waals surface area contributed by atoms with Gasteiger partial charge < -0.3 is 15.0 Å². The summed E-state index contributed by atoms with van der Waals surface area (Å²) in [6.07, 6.45) is 3.44. The van der Waals surface area contributed by atoms with Crippen LogP contribution in [0.5, 0.6) is 0 Å². The predicted molar refractivity (Wildman–Crippen MR) is 136 cm³/mol. The molecule has 0 bridgehead atoms. The molecule has 0 saturated carbocycles. The summed E-state index contributed by atoms with van der Waals surface area (Å²) in [5.41, 5.74) is 0.394. The number of benzene rings is 1. The Bertz CT molecular complexity index is 786. The van der Waals surface area contributed by atoms with Crippen molar-refractivity contribution in [2.45, 2.75) is 85.3 Å². The molecule has 1 fully saturated rings. The number of ether oxygens (including phenoxy) is 1. The van der Waals surface area contributed by atoms with Gasteiger partial charge in [-0.25, -0.2) is 4.79 Å². The number of aryl methyl sites for hydroxylation is 1. The lowest BCUT2D eigenvalue weighted by Crippen LogP contribution is -2.53. The minimum atomic E-state index is -0.517. The summed E-state index contributed by atoms with van der Waals surface area (Å²) in [4.78, 5) is 27.3. The Morgan fingerprint density at radius 1 is 1.06 bits per heavy atom. The van der Waals surface area contributed by atoms with Crippen molar-refractivity contribution in [3.63, 3.8) is 0 Å². The van der Waals surface area contributed by atoms with Crippen molar-refractivity contribution in [2.75, 3.05) is 19.6 Å². The zero-order chi connectivity index (χ0) is 24.8. The largest absolute Gasteiger partial charge is 0.444 e. The molecule has 5 nitrogen and oxygen atoms in total. The Morgan fingerprint density at radius 3 is 2.15 bits per heavy atom. The Balaban J connectivity index is 1.78. The van der Waals surface area contributed by atoms with Crippen molar-refractivity contribution in [3.05, 3.63) is 33.8 Å². The number of nitrogens with one attached hydrogen (secondary N) is 1. The molecule has 1 amide bonds. The monoisotopic (exact) mass is 498 g/mol. The Hall–Kier alpha value is -1.30. The van der Waals surface area contributed by atoms with E-state index in [9.17, 15) is 9.59 Å². The van der Waals surface area contributed by atoms with Crippen molar-refractivity contribution >= 4 is 35.1 Å². The first-order chi connectivity index (χ1) is 15.2. The number of hydrogen-bond donors (Lipinski definition) is 1. The maximum Gasteiger partial charge on any atom is 0.407 e. The lowest BCUT2D eigenvalue weighted by Gasteiger charge is -2.39. The standard InChI is InChI=1S/C26H40Cl2N2O3/c1-25(2,3)23(29-24(32)33-26(4,5)6)17-30-11-9-18(10-12-30)15-22(31)8-7-19-13-20(27)16-21(28)14-19/h13-14,16,18,23H,7-12,15,17H2,1-6H3,(H,29,32). The summed E-state index contributed by atoms with van der Waals surface area (Å²) in [6, 6.07) is 5.43. The van der Waals surface area contributed by atoms with E-state index in [4.69, 9.17) is 27.9 Å². The van der Waals surface area contributed by atoms with Crippen molar-refractivity contribution in [1.82, 2.24) is 10.2 Å². The van der Waals surface area contributed by atoms with Gasteiger partial charge >= 0.3 is 6.09 Å². The van der Waals surface area contributed by atoms with Crippen molar-refractivity contribution in [3.8, 4) is 0 Å². The SMILES string of the molecule is CC(C)(C)OC(=O)NC(CN1CCC(CC(=O)CCc2cc(Cl)cc(Cl)c2)CC1)C(C)(C)C.